The Hall–Kier alpha value is -2.52. The second kappa shape index (κ2) is 8.20. The van der Waals surface area contributed by atoms with Gasteiger partial charge in [0, 0.05) is 12.0 Å². The number of imide groups is 1. The van der Waals surface area contributed by atoms with Crippen LogP contribution in [0.3, 0.4) is 0 Å². The molecule has 1 aliphatic heterocycles. The first-order chi connectivity index (χ1) is 14.3. The summed E-state index contributed by atoms with van der Waals surface area (Å²) in [6.07, 6.45) is 0.0699. The summed E-state index contributed by atoms with van der Waals surface area (Å²) in [5.41, 5.74) is 5.69. The molecule has 2 aliphatic rings. The van der Waals surface area contributed by atoms with Crippen LogP contribution in [-0.4, -0.2) is 49.0 Å². The second-order valence-corrected chi connectivity index (χ2v) is 14.6. The molecule has 1 atom stereocenters. The number of nitrogens with one attached hydrogen (secondary N) is 2. The zero-order valence-electron chi connectivity index (χ0n) is 18.9. The van der Waals surface area contributed by atoms with Crippen molar-refractivity contribution in [3.05, 3.63) is 35.4 Å². The Morgan fingerprint density at radius 2 is 1.58 bits per heavy atom. The molecule has 1 unspecified atom stereocenters. The van der Waals surface area contributed by atoms with Crippen molar-refractivity contribution in [3.63, 3.8) is 0 Å². The van der Waals surface area contributed by atoms with Crippen LogP contribution in [0.2, 0.25) is 18.1 Å². The Bertz CT molecular complexity index is 883. The fourth-order valence-electron chi connectivity index (χ4n) is 3.55. The molecule has 1 aromatic rings. The van der Waals surface area contributed by atoms with Crippen LogP contribution >= 0.6 is 0 Å². The molecule has 0 saturated heterocycles. The van der Waals surface area contributed by atoms with Crippen molar-refractivity contribution in [3.8, 4) is 0 Å². The molecule has 3 rings (SSSR count). The lowest BCUT2D eigenvalue weighted by atomic mass is 9.79. The number of nitrogens with zero attached hydrogens (tertiary/aromatic N) is 1. The predicted molar refractivity (Wildman–Crippen MR) is 117 cm³/mol. The van der Waals surface area contributed by atoms with E-state index in [1.165, 1.54) is 4.90 Å². The van der Waals surface area contributed by atoms with E-state index >= 15 is 0 Å². The molecule has 168 valence electrons. The van der Waals surface area contributed by atoms with Gasteiger partial charge in [-0.3, -0.25) is 34.9 Å². The monoisotopic (exact) mass is 445 g/mol. The predicted octanol–water partition coefficient (Wildman–Crippen LogP) is 2.62. The van der Waals surface area contributed by atoms with Crippen LogP contribution in [-0.2, 0) is 14.0 Å². The standard InChI is InChI=1S/C22H31N3O5Si/c1-13(30-31(5,6)22(2,3)4)18(26)23-24-19(27)14-11-15(12-14)25-20(28)16-9-7-8-10-17(16)21(25)29/h7-10,13-15H,11-12H2,1-6H3,(H,23,26)(H,24,27). The van der Waals surface area contributed by atoms with Crippen LogP contribution in [0.1, 0.15) is 61.3 Å². The molecular formula is C22H31N3O5Si. The molecular weight excluding hydrogens is 414 g/mol. The maximum absolute atomic E-state index is 12.5. The molecule has 0 spiro atoms. The molecule has 0 bridgehead atoms. The highest BCUT2D eigenvalue weighted by Gasteiger charge is 2.47. The summed E-state index contributed by atoms with van der Waals surface area (Å²) < 4.78 is 6.03. The SMILES string of the molecule is CC(O[Si](C)(C)C(C)(C)C)C(=O)NNC(=O)C1CC(N2C(=O)c3ccccc3C2=O)C1. The first-order valence-corrected chi connectivity index (χ1v) is 13.5. The zero-order chi connectivity index (χ0) is 23.1. The van der Waals surface area contributed by atoms with Crippen molar-refractivity contribution < 1.29 is 23.6 Å². The van der Waals surface area contributed by atoms with E-state index in [-0.39, 0.29) is 34.7 Å². The lowest BCUT2D eigenvalue weighted by Gasteiger charge is -2.39. The summed E-state index contributed by atoms with van der Waals surface area (Å²) >= 11 is 0. The van der Waals surface area contributed by atoms with Crippen molar-refractivity contribution in [1.29, 1.82) is 0 Å². The third-order valence-corrected chi connectivity index (χ3v) is 11.2. The van der Waals surface area contributed by atoms with Gasteiger partial charge in [0.05, 0.1) is 11.1 Å². The minimum Gasteiger partial charge on any atom is -0.405 e. The topological polar surface area (TPSA) is 105 Å². The quantitative estimate of drug-likeness (QED) is 0.412. The minimum absolute atomic E-state index is 0.0319. The molecule has 4 amide bonds. The third kappa shape index (κ3) is 4.43. The largest absolute Gasteiger partial charge is 0.405 e. The molecule has 1 heterocycles. The molecule has 2 N–H and O–H groups in total. The smallest absolute Gasteiger partial charge is 0.265 e. The average Bonchev–Trinajstić information content (AvgIpc) is 2.89. The van der Waals surface area contributed by atoms with E-state index in [2.05, 4.69) is 44.7 Å². The summed E-state index contributed by atoms with van der Waals surface area (Å²) in [7, 11) is -2.11. The van der Waals surface area contributed by atoms with Crippen LogP contribution in [0.5, 0.6) is 0 Å². The van der Waals surface area contributed by atoms with Crippen LogP contribution in [0, 0.1) is 5.92 Å². The highest BCUT2D eigenvalue weighted by molar-refractivity contribution is 6.74. The van der Waals surface area contributed by atoms with Crippen molar-refractivity contribution in [2.45, 2.75) is 70.8 Å². The molecule has 31 heavy (non-hydrogen) atoms. The summed E-state index contributed by atoms with van der Waals surface area (Å²) in [6, 6.07) is 6.42. The molecule has 1 saturated carbocycles. The van der Waals surface area contributed by atoms with Crippen molar-refractivity contribution >= 4 is 31.9 Å². The molecule has 1 aliphatic carbocycles. The lowest BCUT2D eigenvalue weighted by molar-refractivity contribution is -0.136. The van der Waals surface area contributed by atoms with Gasteiger partial charge < -0.3 is 4.43 Å². The average molecular weight is 446 g/mol. The van der Waals surface area contributed by atoms with Crippen LogP contribution in [0.15, 0.2) is 24.3 Å². The zero-order valence-corrected chi connectivity index (χ0v) is 19.9. The van der Waals surface area contributed by atoms with Crippen LogP contribution in [0.25, 0.3) is 0 Å². The highest BCUT2D eigenvalue weighted by atomic mass is 28.4. The van der Waals surface area contributed by atoms with E-state index in [1.54, 1.807) is 31.2 Å². The van der Waals surface area contributed by atoms with Crippen molar-refractivity contribution in [2.24, 2.45) is 5.92 Å². The maximum atomic E-state index is 12.5. The van der Waals surface area contributed by atoms with Crippen LogP contribution < -0.4 is 10.9 Å². The Morgan fingerprint density at radius 1 is 1.06 bits per heavy atom. The minimum atomic E-state index is -2.11. The van der Waals surface area contributed by atoms with Gasteiger partial charge in [0.25, 0.3) is 17.7 Å². The number of hydrazine groups is 1. The Kier molecular flexibility index (Phi) is 6.12. The molecule has 0 aromatic heterocycles. The number of hydrogen-bond donors (Lipinski definition) is 2. The molecule has 8 nitrogen and oxygen atoms in total. The highest BCUT2D eigenvalue weighted by Crippen LogP contribution is 2.38. The molecule has 1 aromatic carbocycles. The van der Waals surface area contributed by atoms with Crippen LogP contribution in [0.4, 0.5) is 0 Å². The number of hydrogen-bond acceptors (Lipinski definition) is 5. The van der Waals surface area contributed by atoms with E-state index < -0.39 is 20.3 Å². The fraction of sp³-hybridized carbons (Fsp3) is 0.545. The summed E-state index contributed by atoms with van der Waals surface area (Å²) in [4.78, 5) is 51.0. The van der Waals surface area contributed by atoms with Gasteiger partial charge in [0.1, 0.15) is 6.10 Å². The van der Waals surface area contributed by atoms with Gasteiger partial charge >= 0.3 is 0 Å². The number of benzene rings is 1. The van der Waals surface area contributed by atoms with Gasteiger partial charge in [-0.25, -0.2) is 0 Å². The van der Waals surface area contributed by atoms with Gasteiger partial charge in [-0.2, -0.15) is 0 Å². The summed E-state index contributed by atoms with van der Waals surface area (Å²) in [6.45, 7) is 12.1. The number of carbonyl (C=O) groups is 4. The van der Waals surface area contributed by atoms with Crippen molar-refractivity contribution in [2.75, 3.05) is 0 Å². The number of carbonyl (C=O) groups excluding carboxylic acids is 4. The first-order valence-electron chi connectivity index (χ1n) is 10.6. The summed E-state index contributed by atoms with van der Waals surface area (Å²) in [5, 5.41) is -0.0319. The van der Waals surface area contributed by atoms with Gasteiger partial charge in [-0.05, 0) is 50.0 Å². The third-order valence-electron chi connectivity index (χ3n) is 6.63. The van der Waals surface area contributed by atoms with Gasteiger partial charge in [-0.1, -0.05) is 32.9 Å². The lowest BCUT2D eigenvalue weighted by Crippen LogP contribution is -2.56. The second-order valence-electron chi connectivity index (χ2n) is 9.85. The number of amides is 4. The van der Waals surface area contributed by atoms with Gasteiger partial charge in [0.15, 0.2) is 8.32 Å². The number of rotatable bonds is 5. The van der Waals surface area contributed by atoms with E-state index in [0.717, 1.165) is 0 Å². The Morgan fingerprint density at radius 3 is 2.06 bits per heavy atom. The van der Waals surface area contributed by atoms with E-state index in [9.17, 15) is 19.2 Å². The first kappa shape index (κ1) is 23.1. The van der Waals surface area contributed by atoms with E-state index in [4.69, 9.17) is 4.43 Å². The summed E-state index contributed by atoms with van der Waals surface area (Å²) in [5.74, 6) is -1.73. The fourth-order valence-corrected chi connectivity index (χ4v) is 4.90. The number of fused-ring (bicyclic) bond motifs is 1. The normalized spacial score (nSPS) is 21.9. The molecule has 9 heteroatoms. The van der Waals surface area contributed by atoms with E-state index in [0.29, 0.717) is 24.0 Å². The Labute approximate surface area is 183 Å². The molecule has 0 radical (unpaired) electrons. The van der Waals surface area contributed by atoms with Crippen molar-refractivity contribution in [1.82, 2.24) is 15.8 Å². The van der Waals surface area contributed by atoms with Gasteiger partial charge in [-0.15, -0.1) is 0 Å². The maximum Gasteiger partial charge on any atom is 0.265 e. The van der Waals surface area contributed by atoms with E-state index in [1.807, 2.05) is 0 Å². The van der Waals surface area contributed by atoms with Gasteiger partial charge in [0.2, 0.25) is 5.91 Å². The molecule has 1 fully saturated rings. The Balaban J connectivity index is 1.47.